The lowest BCUT2D eigenvalue weighted by molar-refractivity contribution is 0.184. The average Bonchev–Trinajstić information content (AvgIpc) is 2.40. The van der Waals surface area contributed by atoms with Crippen LogP contribution >= 0.6 is 11.6 Å². The molecule has 2 atom stereocenters. The van der Waals surface area contributed by atoms with Crippen LogP contribution in [0.15, 0.2) is 30.3 Å². The molecule has 0 spiro atoms. The molecule has 0 N–H and O–H groups in total. The highest BCUT2D eigenvalue weighted by Gasteiger charge is 2.23. The number of nitrogens with zero attached hydrogens (tertiary/aromatic N) is 1. The molecule has 18 heavy (non-hydrogen) atoms. The van der Waals surface area contributed by atoms with Crippen molar-refractivity contribution >= 4 is 11.6 Å². The molecule has 0 saturated carbocycles. The molecule has 1 aromatic carbocycles. The molecule has 0 bridgehead atoms. The summed E-state index contributed by atoms with van der Waals surface area (Å²) in [6, 6.07) is 10.8. The summed E-state index contributed by atoms with van der Waals surface area (Å²) in [6.45, 7) is 5.87. The van der Waals surface area contributed by atoms with E-state index in [0.29, 0.717) is 11.3 Å². The van der Waals surface area contributed by atoms with Gasteiger partial charge in [-0.05, 0) is 50.3 Å². The van der Waals surface area contributed by atoms with Gasteiger partial charge in [0.2, 0.25) is 0 Å². The Kier molecular flexibility index (Phi) is 5.52. The van der Waals surface area contributed by atoms with E-state index in [0.717, 1.165) is 6.42 Å². The molecule has 2 unspecified atom stereocenters. The van der Waals surface area contributed by atoms with Crippen LogP contribution < -0.4 is 0 Å². The topological polar surface area (TPSA) is 3.24 Å². The summed E-state index contributed by atoms with van der Waals surface area (Å²) in [6.07, 6.45) is 4.96. The van der Waals surface area contributed by atoms with E-state index in [-0.39, 0.29) is 0 Å². The van der Waals surface area contributed by atoms with Crippen LogP contribution in [0, 0.1) is 5.92 Å². The maximum atomic E-state index is 6.25. The van der Waals surface area contributed by atoms with Crippen molar-refractivity contribution in [1.29, 1.82) is 0 Å². The van der Waals surface area contributed by atoms with Gasteiger partial charge in [-0.15, -0.1) is 11.6 Å². The highest BCUT2D eigenvalue weighted by Crippen LogP contribution is 2.21. The van der Waals surface area contributed by atoms with Crippen molar-refractivity contribution in [2.45, 2.75) is 38.0 Å². The molecular formula is C16H24ClN. The first kappa shape index (κ1) is 13.9. The van der Waals surface area contributed by atoms with E-state index in [1.807, 2.05) is 0 Å². The van der Waals surface area contributed by atoms with Crippen LogP contribution in [-0.4, -0.2) is 29.9 Å². The number of halogens is 1. The van der Waals surface area contributed by atoms with E-state index >= 15 is 0 Å². The van der Waals surface area contributed by atoms with Crippen molar-refractivity contribution in [3.63, 3.8) is 0 Å². The van der Waals surface area contributed by atoms with Crippen molar-refractivity contribution in [3.8, 4) is 0 Å². The largest absolute Gasteiger partial charge is 0.303 e. The van der Waals surface area contributed by atoms with Gasteiger partial charge < -0.3 is 4.90 Å². The van der Waals surface area contributed by atoms with Crippen molar-refractivity contribution in [2.24, 2.45) is 5.92 Å². The lowest BCUT2D eigenvalue weighted by atomic mass is 9.99. The minimum atomic E-state index is 0.394. The quantitative estimate of drug-likeness (QED) is 0.575. The smallest absolute Gasteiger partial charge is 0.0386 e. The number of benzene rings is 1. The molecule has 0 aromatic heterocycles. The molecular weight excluding hydrogens is 242 g/mol. The zero-order valence-electron chi connectivity index (χ0n) is 11.3. The van der Waals surface area contributed by atoms with E-state index in [4.69, 9.17) is 11.6 Å². The Bertz CT molecular complexity index is 338. The number of alkyl halides is 1. The summed E-state index contributed by atoms with van der Waals surface area (Å²) in [5, 5.41) is 0.394. The van der Waals surface area contributed by atoms with Gasteiger partial charge >= 0.3 is 0 Å². The van der Waals surface area contributed by atoms with Gasteiger partial charge in [0.25, 0.3) is 0 Å². The predicted octanol–water partition coefficient (Wildman–Crippen LogP) is 3.96. The fraction of sp³-hybridized carbons (Fsp3) is 0.625. The summed E-state index contributed by atoms with van der Waals surface area (Å²) in [4.78, 5) is 2.58. The number of unbranched alkanes of at least 4 members (excludes halogenated alkanes) is 1. The third kappa shape index (κ3) is 4.29. The van der Waals surface area contributed by atoms with Gasteiger partial charge in [-0.3, -0.25) is 0 Å². The molecule has 1 saturated heterocycles. The van der Waals surface area contributed by atoms with E-state index < -0.39 is 0 Å². The van der Waals surface area contributed by atoms with Crippen molar-refractivity contribution in [1.82, 2.24) is 4.90 Å². The van der Waals surface area contributed by atoms with Crippen molar-refractivity contribution < 1.29 is 0 Å². The number of rotatable bonds is 5. The Hall–Kier alpha value is -0.530. The summed E-state index contributed by atoms with van der Waals surface area (Å²) >= 11 is 6.25. The van der Waals surface area contributed by atoms with Gasteiger partial charge in [-0.1, -0.05) is 37.3 Å². The van der Waals surface area contributed by atoms with Crippen LogP contribution in [0.3, 0.4) is 0 Å². The lowest BCUT2D eigenvalue weighted by Crippen LogP contribution is -2.40. The summed E-state index contributed by atoms with van der Waals surface area (Å²) < 4.78 is 0. The molecule has 0 aliphatic carbocycles. The number of likely N-dealkylation sites (tertiary alicyclic amines) is 1. The molecule has 2 heteroatoms. The normalized spacial score (nSPS) is 25.2. The van der Waals surface area contributed by atoms with E-state index in [1.54, 1.807) is 0 Å². The molecule has 1 aromatic rings. The van der Waals surface area contributed by atoms with Crippen LogP contribution in [0.25, 0.3) is 0 Å². The Morgan fingerprint density at radius 2 is 2.00 bits per heavy atom. The van der Waals surface area contributed by atoms with Crippen LogP contribution in [0.1, 0.15) is 31.7 Å². The maximum Gasteiger partial charge on any atom is 0.0386 e. The third-order valence-electron chi connectivity index (χ3n) is 3.92. The van der Waals surface area contributed by atoms with E-state index in [1.165, 1.54) is 44.5 Å². The van der Waals surface area contributed by atoms with Gasteiger partial charge in [0.1, 0.15) is 0 Å². The van der Waals surface area contributed by atoms with Crippen molar-refractivity contribution in [2.75, 3.05) is 19.6 Å². The zero-order chi connectivity index (χ0) is 12.8. The van der Waals surface area contributed by atoms with Gasteiger partial charge in [0, 0.05) is 11.9 Å². The molecule has 0 amide bonds. The Balaban J connectivity index is 1.61. The Labute approximate surface area is 116 Å². The number of hydrogen-bond acceptors (Lipinski definition) is 1. The fourth-order valence-electron chi connectivity index (χ4n) is 2.72. The molecule has 1 aliphatic heterocycles. The predicted molar refractivity (Wildman–Crippen MR) is 79.2 cm³/mol. The Morgan fingerprint density at radius 1 is 1.22 bits per heavy atom. The number of hydrogen-bond donors (Lipinski definition) is 0. The van der Waals surface area contributed by atoms with Crippen LogP contribution in [0.2, 0.25) is 0 Å². The maximum absolute atomic E-state index is 6.25. The fourth-order valence-corrected chi connectivity index (χ4v) is 2.89. The summed E-state index contributed by atoms with van der Waals surface area (Å²) in [7, 11) is 0. The monoisotopic (exact) mass is 265 g/mol. The second-order valence-electron chi connectivity index (χ2n) is 5.53. The van der Waals surface area contributed by atoms with E-state index in [2.05, 4.69) is 42.2 Å². The molecule has 0 radical (unpaired) electrons. The van der Waals surface area contributed by atoms with Gasteiger partial charge in [0.15, 0.2) is 0 Å². The Morgan fingerprint density at radius 3 is 2.72 bits per heavy atom. The highest BCUT2D eigenvalue weighted by atomic mass is 35.5. The molecule has 1 nitrogen and oxygen atoms in total. The zero-order valence-corrected chi connectivity index (χ0v) is 12.1. The standard InChI is InChI=1S/C16H24ClN/c1-14-13-18(12-10-16(14)17)11-6-5-9-15-7-3-2-4-8-15/h2-4,7-8,14,16H,5-6,9-13H2,1H3. The minimum Gasteiger partial charge on any atom is -0.303 e. The molecule has 1 heterocycles. The highest BCUT2D eigenvalue weighted by molar-refractivity contribution is 6.20. The molecule has 1 fully saturated rings. The summed E-state index contributed by atoms with van der Waals surface area (Å²) in [5.41, 5.74) is 1.46. The van der Waals surface area contributed by atoms with Crippen molar-refractivity contribution in [3.05, 3.63) is 35.9 Å². The first-order valence-corrected chi connectivity index (χ1v) is 7.59. The van der Waals surface area contributed by atoms with Gasteiger partial charge in [-0.2, -0.15) is 0 Å². The number of aryl methyl sites for hydroxylation is 1. The minimum absolute atomic E-state index is 0.394. The first-order valence-electron chi connectivity index (χ1n) is 7.16. The lowest BCUT2D eigenvalue weighted by Gasteiger charge is -2.34. The molecule has 1 aliphatic rings. The third-order valence-corrected chi connectivity index (χ3v) is 4.57. The van der Waals surface area contributed by atoms with Gasteiger partial charge in [-0.25, -0.2) is 0 Å². The van der Waals surface area contributed by atoms with Crippen LogP contribution in [-0.2, 0) is 6.42 Å². The average molecular weight is 266 g/mol. The number of piperidine rings is 1. The molecule has 2 rings (SSSR count). The summed E-state index contributed by atoms with van der Waals surface area (Å²) in [5.74, 6) is 0.648. The second-order valence-corrected chi connectivity index (χ2v) is 6.09. The first-order chi connectivity index (χ1) is 8.75. The van der Waals surface area contributed by atoms with E-state index in [9.17, 15) is 0 Å². The van der Waals surface area contributed by atoms with Crippen LogP contribution in [0.5, 0.6) is 0 Å². The second kappa shape index (κ2) is 7.16. The molecule has 100 valence electrons. The van der Waals surface area contributed by atoms with Crippen LogP contribution in [0.4, 0.5) is 0 Å². The van der Waals surface area contributed by atoms with Gasteiger partial charge in [0.05, 0.1) is 0 Å². The SMILES string of the molecule is CC1CN(CCCCc2ccccc2)CCC1Cl.